The number of nitrogens with zero attached hydrogens (tertiary/aromatic N) is 1. The van der Waals surface area contributed by atoms with Crippen LogP contribution in [0.25, 0.3) is 76.9 Å². The van der Waals surface area contributed by atoms with Gasteiger partial charge < -0.3 is 13.7 Å². The molecule has 0 aliphatic heterocycles. The Morgan fingerprint density at radius 2 is 0.980 bits per heavy atom. The minimum absolute atomic E-state index is 0.858. The van der Waals surface area contributed by atoms with Crippen LogP contribution in [-0.2, 0) is 0 Å². The lowest BCUT2D eigenvalue weighted by Crippen LogP contribution is -2.11. The number of benzene rings is 8. The zero-order chi connectivity index (χ0) is 32.3. The molecule has 3 heteroatoms. The van der Waals surface area contributed by atoms with Crippen molar-refractivity contribution in [2.24, 2.45) is 0 Å². The van der Waals surface area contributed by atoms with Gasteiger partial charge in [-0.25, -0.2) is 0 Å². The van der Waals surface area contributed by atoms with Crippen molar-refractivity contribution in [2.45, 2.75) is 0 Å². The van der Waals surface area contributed by atoms with Gasteiger partial charge in [-0.2, -0.15) is 0 Å². The van der Waals surface area contributed by atoms with E-state index in [0.717, 1.165) is 83.2 Å². The number of furan rings is 2. The first-order valence-corrected chi connectivity index (χ1v) is 16.6. The maximum atomic E-state index is 6.77. The van der Waals surface area contributed by atoms with E-state index in [0.29, 0.717) is 0 Å². The molecule has 49 heavy (non-hydrogen) atoms. The average molecular weight is 628 g/mol. The third-order valence-corrected chi connectivity index (χ3v) is 9.66. The van der Waals surface area contributed by atoms with E-state index in [1.165, 1.54) is 10.8 Å². The van der Waals surface area contributed by atoms with Crippen LogP contribution in [0.5, 0.6) is 0 Å². The summed E-state index contributed by atoms with van der Waals surface area (Å²) in [4.78, 5) is 2.36. The molecule has 0 N–H and O–H groups in total. The summed E-state index contributed by atoms with van der Waals surface area (Å²) in [5, 5.41) is 6.83. The Morgan fingerprint density at radius 3 is 1.80 bits per heavy atom. The van der Waals surface area contributed by atoms with E-state index in [1.54, 1.807) is 0 Å². The second kappa shape index (κ2) is 11.0. The lowest BCUT2D eigenvalue weighted by atomic mass is 9.98. The first-order chi connectivity index (χ1) is 24.3. The minimum atomic E-state index is 0.858. The predicted molar refractivity (Wildman–Crippen MR) is 204 cm³/mol. The standard InChI is InChI=1S/C46H29NO2/c1-2-11-32(12-3-1)37-25-26-40-38-14-6-9-17-43(38)49-46(40)45(37)47(36-24-20-30-10-4-5-13-33(30)28-36)35-22-18-31(19-23-35)34-21-27-44-41(29-34)39-15-7-8-16-42(39)48-44/h1-29H. The highest BCUT2D eigenvalue weighted by molar-refractivity contribution is 6.14. The zero-order valence-corrected chi connectivity index (χ0v) is 26.5. The smallest absolute Gasteiger partial charge is 0.160 e. The molecule has 10 rings (SSSR count). The number of para-hydroxylation sites is 2. The molecule has 0 bridgehead atoms. The Kier molecular flexibility index (Phi) is 6.18. The summed E-state index contributed by atoms with van der Waals surface area (Å²) in [5.41, 5.74) is 11.2. The molecule has 0 radical (unpaired) electrons. The maximum Gasteiger partial charge on any atom is 0.160 e. The average Bonchev–Trinajstić information content (AvgIpc) is 3.74. The molecule has 3 nitrogen and oxygen atoms in total. The van der Waals surface area contributed by atoms with Crippen LogP contribution in [0, 0.1) is 0 Å². The fraction of sp³-hybridized carbons (Fsp3) is 0. The zero-order valence-electron chi connectivity index (χ0n) is 26.5. The van der Waals surface area contributed by atoms with Gasteiger partial charge in [0.05, 0.1) is 5.69 Å². The fourth-order valence-electron chi connectivity index (χ4n) is 7.28. The van der Waals surface area contributed by atoms with Gasteiger partial charge in [-0.15, -0.1) is 0 Å². The van der Waals surface area contributed by atoms with Crippen molar-refractivity contribution in [1.82, 2.24) is 0 Å². The Morgan fingerprint density at radius 1 is 0.347 bits per heavy atom. The minimum Gasteiger partial charge on any atom is -0.456 e. The van der Waals surface area contributed by atoms with E-state index in [4.69, 9.17) is 8.83 Å². The topological polar surface area (TPSA) is 29.5 Å². The Bertz CT molecular complexity index is 2830. The number of hydrogen-bond acceptors (Lipinski definition) is 3. The van der Waals surface area contributed by atoms with Gasteiger partial charge in [-0.05, 0) is 82.1 Å². The molecule has 0 aliphatic rings. The van der Waals surface area contributed by atoms with Crippen molar-refractivity contribution in [2.75, 3.05) is 4.90 Å². The van der Waals surface area contributed by atoms with Gasteiger partial charge in [-0.3, -0.25) is 0 Å². The molecule has 0 fully saturated rings. The van der Waals surface area contributed by atoms with E-state index < -0.39 is 0 Å². The normalized spacial score (nSPS) is 11.7. The molecule has 0 aliphatic carbocycles. The van der Waals surface area contributed by atoms with Crippen molar-refractivity contribution in [3.63, 3.8) is 0 Å². The molecule has 0 unspecified atom stereocenters. The molecule has 230 valence electrons. The van der Waals surface area contributed by atoms with Gasteiger partial charge in [0.15, 0.2) is 5.58 Å². The summed E-state index contributed by atoms with van der Waals surface area (Å²) >= 11 is 0. The number of rotatable bonds is 5. The van der Waals surface area contributed by atoms with Gasteiger partial charge >= 0.3 is 0 Å². The first-order valence-electron chi connectivity index (χ1n) is 16.6. The summed E-state index contributed by atoms with van der Waals surface area (Å²) < 4.78 is 12.9. The van der Waals surface area contributed by atoms with Gasteiger partial charge in [0, 0.05) is 38.5 Å². The van der Waals surface area contributed by atoms with Crippen LogP contribution in [0.2, 0.25) is 0 Å². The SMILES string of the molecule is c1ccc(-c2ccc3c(oc4ccccc43)c2N(c2ccc(-c3ccc4oc5ccccc5c4c3)cc2)c2ccc3ccccc3c2)cc1. The van der Waals surface area contributed by atoms with Crippen LogP contribution in [0.4, 0.5) is 17.1 Å². The molecular formula is C46H29NO2. The van der Waals surface area contributed by atoms with E-state index in [2.05, 4.69) is 163 Å². The van der Waals surface area contributed by atoms with Crippen molar-refractivity contribution >= 4 is 71.7 Å². The van der Waals surface area contributed by atoms with Crippen molar-refractivity contribution in [1.29, 1.82) is 0 Å². The molecule has 10 aromatic rings. The highest BCUT2D eigenvalue weighted by Gasteiger charge is 2.24. The summed E-state index contributed by atoms with van der Waals surface area (Å²) in [7, 11) is 0. The summed E-state index contributed by atoms with van der Waals surface area (Å²) in [6.45, 7) is 0. The molecule has 0 saturated carbocycles. The lowest BCUT2D eigenvalue weighted by molar-refractivity contribution is 0.668. The fourth-order valence-corrected chi connectivity index (χ4v) is 7.28. The summed E-state index contributed by atoms with van der Waals surface area (Å²) in [6.07, 6.45) is 0. The molecule has 8 aromatic carbocycles. The largest absolute Gasteiger partial charge is 0.456 e. The number of anilines is 3. The van der Waals surface area contributed by atoms with Crippen molar-refractivity contribution < 1.29 is 8.83 Å². The molecule has 2 heterocycles. The molecule has 2 aromatic heterocycles. The predicted octanol–water partition coefficient (Wildman–Crippen LogP) is 13.4. The molecule has 0 spiro atoms. The van der Waals surface area contributed by atoms with Gasteiger partial charge in [0.2, 0.25) is 0 Å². The quantitative estimate of drug-likeness (QED) is 0.190. The molecule has 0 amide bonds. The van der Waals surface area contributed by atoms with Gasteiger partial charge in [0.1, 0.15) is 16.7 Å². The maximum absolute atomic E-state index is 6.77. The third-order valence-electron chi connectivity index (χ3n) is 9.66. The Labute approximate surface area is 282 Å². The number of fused-ring (bicyclic) bond motifs is 7. The van der Waals surface area contributed by atoms with Crippen LogP contribution in [0.1, 0.15) is 0 Å². The second-order valence-corrected chi connectivity index (χ2v) is 12.5. The Hall–Kier alpha value is -6.58. The summed E-state index contributed by atoms with van der Waals surface area (Å²) in [5.74, 6) is 0. The lowest BCUT2D eigenvalue weighted by Gasteiger charge is -2.28. The van der Waals surface area contributed by atoms with Gasteiger partial charge in [-0.1, -0.05) is 121 Å². The second-order valence-electron chi connectivity index (χ2n) is 12.5. The van der Waals surface area contributed by atoms with Crippen molar-refractivity contribution in [3.8, 4) is 22.3 Å². The van der Waals surface area contributed by atoms with Crippen LogP contribution >= 0.6 is 0 Å². The van der Waals surface area contributed by atoms with Gasteiger partial charge in [0.25, 0.3) is 0 Å². The van der Waals surface area contributed by atoms with Crippen molar-refractivity contribution in [3.05, 3.63) is 176 Å². The third kappa shape index (κ3) is 4.51. The monoisotopic (exact) mass is 627 g/mol. The van der Waals surface area contributed by atoms with Crippen LogP contribution in [0.15, 0.2) is 185 Å². The highest BCUT2D eigenvalue weighted by Crippen LogP contribution is 2.48. The molecule has 0 saturated heterocycles. The van der Waals surface area contributed by atoms with Crippen LogP contribution in [-0.4, -0.2) is 0 Å². The summed E-state index contributed by atoms with van der Waals surface area (Å²) in [6, 6.07) is 62.1. The molecular weight excluding hydrogens is 599 g/mol. The van der Waals surface area contributed by atoms with E-state index in [1.807, 2.05) is 18.2 Å². The van der Waals surface area contributed by atoms with E-state index >= 15 is 0 Å². The van der Waals surface area contributed by atoms with Crippen LogP contribution < -0.4 is 4.90 Å². The highest BCUT2D eigenvalue weighted by atomic mass is 16.3. The Balaban J connectivity index is 1.20. The first kappa shape index (κ1) is 27.5. The van der Waals surface area contributed by atoms with E-state index in [-0.39, 0.29) is 0 Å². The van der Waals surface area contributed by atoms with E-state index in [9.17, 15) is 0 Å². The number of hydrogen-bond donors (Lipinski definition) is 0. The molecule has 0 atom stereocenters. The van der Waals surface area contributed by atoms with Crippen LogP contribution in [0.3, 0.4) is 0 Å².